The fraction of sp³-hybridized carbons (Fsp3) is 0. The maximum atomic E-state index is 6.56. The molecule has 0 fully saturated rings. The van der Waals surface area contributed by atoms with Crippen LogP contribution in [0.4, 0.5) is 17.1 Å². The summed E-state index contributed by atoms with van der Waals surface area (Å²) in [5.41, 5.74) is 9.89. The van der Waals surface area contributed by atoms with E-state index in [4.69, 9.17) is 19.4 Å². The van der Waals surface area contributed by atoms with Crippen molar-refractivity contribution in [3.05, 3.63) is 194 Å². The number of hydrogen-bond donors (Lipinski definition) is 0. The Morgan fingerprint density at radius 3 is 1.63 bits per heavy atom. The minimum Gasteiger partial charge on any atom is -0.456 e. The molecule has 0 N–H and O–H groups in total. The summed E-state index contributed by atoms with van der Waals surface area (Å²) in [6.45, 7) is 0. The standard InChI is InChI=1S/C49H32N4O/c1-4-15-35(16-5-1)47-50-48(52-49(51-47)42-24-12-17-33-14-10-11-22-40(33)42)36-28-26-34(27-29-36)41-23-13-25-44-46(41)43-31-30-39(32-45(43)54-44)53(37-18-6-2-7-19-37)38-20-8-3-9-21-38/h1-32H. The van der Waals surface area contributed by atoms with Crippen molar-refractivity contribution < 1.29 is 4.42 Å². The summed E-state index contributed by atoms with van der Waals surface area (Å²) in [5.74, 6) is 1.91. The lowest BCUT2D eigenvalue weighted by Gasteiger charge is -2.25. The lowest BCUT2D eigenvalue weighted by atomic mass is 9.98. The van der Waals surface area contributed by atoms with Crippen LogP contribution in [0, 0.1) is 0 Å². The van der Waals surface area contributed by atoms with E-state index in [9.17, 15) is 0 Å². The molecule has 0 bridgehead atoms. The number of nitrogens with zero attached hydrogens (tertiary/aromatic N) is 4. The van der Waals surface area contributed by atoms with Gasteiger partial charge in [0.2, 0.25) is 0 Å². The van der Waals surface area contributed by atoms with E-state index < -0.39 is 0 Å². The van der Waals surface area contributed by atoms with Crippen LogP contribution >= 0.6 is 0 Å². The molecule has 2 aromatic heterocycles. The average Bonchev–Trinajstić information content (AvgIpc) is 3.63. The first-order valence-electron chi connectivity index (χ1n) is 18.0. The molecule has 254 valence electrons. The maximum absolute atomic E-state index is 6.56. The van der Waals surface area contributed by atoms with Crippen molar-refractivity contribution in [2.45, 2.75) is 0 Å². The van der Waals surface area contributed by atoms with Crippen molar-refractivity contribution in [3.8, 4) is 45.3 Å². The summed E-state index contributed by atoms with van der Waals surface area (Å²) in [7, 11) is 0. The lowest BCUT2D eigenvalue weighted by Crippen LogP contribution is -2.09. The van der Waals surface area contributed by atoms with Gasteiger partial charge in [-0.3, -0.25) is 0 Å². The lowest BCUT2D eigenvalue weighted by molar-refractivity contribution is 0.669. The Balaban J connectivity index is 1.05. The van der Waals surface area contributed by atoms with Crippen molar-refractivity contribution >= 4 is 49.8 Å². The summed E-state index contributed by atoms with van der Waals surface area (Å²) in [4.78, 5) is 17.3. The molecule has 0 aliphatic rings. The van der Waals surface area contributed by atoms with Gasteiger partial charge in [-0.1, -0.05) is 146 Å². The molecule has 5 heteroatoms. The number of para-hydroxylation sites is 2. The fourth-order valence-electron chi connectivity index (χ4n) is 7.36. The van der Waals surface area contributed by atoms with Gasteiger partial charge in [0.25, 0.3) is 0 Å². The second-order valence-electron chi connectivity index (χ2n) is 13.2. The summed E-state index contributed by atoms with van der Waals surface area (Å²) < 4.78 is 6.56. The van der Waals surface area contributed by atoms with Gasteiger partial charge in [-0.15, -0.1) is 0 Å². The van der Waals surface area contributed by atoms with Gasteiger partial charge >= 0.3 is 0 Å². The molecule has 0 spiro atoms. The third-order valence-electron chi connectivity index (χ3n) is 9.92. The van der Waals surface area contributed by atoms with Crippen molar-refractivity contribution in [2.75, 3.05) is 4.90 Å². The van der Waals surface area contributed by atoms with Crippen LogP contribution in [0.2, 0.25) is 0 Å². The molecule has 54 heavy (non-hydrogen) atoms. The largest absolute Gasteiger partial charge is 0.456 e. The first-order chi connectivity index (χ1) is 26.8. The van der Waals surface area contributed by atoms with E-state index in [-0.39, 0.29) is 0 Å². The molecule has 10 aromatic rings. The van der Waals surface area contributed by atoms with E-state index in [1.165, 1.54) is 0 Å². The second-order valence-corrected chi connectivity index (χ2v) is 13.2. The van der Waals surface area contributed by atoms with Gasteiger partial charge in [0, 0.05) is 50.6 Å². The van der Waals surface area contributed by atoms with Gasteiger partial charge in [0.1, 0.15) is 11.2 Å². The number of furan rings is 1. The monoisotopic (exact) mass is 692 g/mol. The summed E-state index contributed by atoms with van der Waals surface area (Å²) in [6.07, 6.45) is 0. The number of aromatic nitrogens is 3. The third-order valence-corrected chi connectivity index (χ3v) is 9.92. The Bertz CT molecular complexity index is 2880. The molecule has 0 atom stereocenters. The normalized spacial score (nSPS) is 11.3. The SMILES string of the molecule is c1ccc(-c2nc(-c3ccc(-c4cccc5oc6cc(N(c7ccccc7)c7ccccc7)ccc6c45)cc3)nc(-c3cccc4ccccc34)n2)cc1. The number of fused-ring (bicyclic) bond motifs is 4. The highest BCUT2D eigenvalue weighted by molar-refractivity contribution is 6.13. The Labute approximate surface area is 312 Å². The highest BCUT2D eigenvalue weighted by Crippen LogP contribution is 2.41. The molecule has 0 amide bonds. The molecular formula is C49H32N4O. The van der Waals surface area contributed by atoms with Gasteiger partial charge < -0.3 is 9.32 Å². The minimum absolute atomic E-state index is 0.624. The topological polar surface area (TPSA) is 55.1 Å². The predicted molar refractivity (Wildman–Crippen MR) is 221 cm³/mol. The number of hydrogen-bond acceptors (Lipinski definition) is 5. The Kier molecular flexibility index (Phi) is 7.73. The second kappa shape index (κ2) is 13.3. The molecule has 10 rings (SSSR count). The molecule has 0 aliphatic heterocycles. The van der Waals surface area contributed by atoms with Gasteiger partial charge in [0.05, 0.1) is 0 Å². The smallest absolute Gasteiger partial charge is 0.164 e. The predicted octanol–water partition coefficient (Wildman–Crippen LogP) is 13.1. The molecule has 0 aliphatic carbocycles. The Hall–Kier alpha value is -7.37. The number of anilines is 3. The average molecular weight is 693 g/mol. The zero-order valence-electron chi connectivity index (χ0n) is 29.2. The highest BCUT2D eigenvalue weighted by Gasteiger charge is 2.18. The van der Waals surface area contributed by atoms with E-state index in [1.807, 2.05) is 48.5 Å². The van der Waals surface area contributed by atoms with Gasteiger partial charge in [0.15, 0.2) is 17.5 Å². The van der Waals surface area contributed by atoms with Crippen molar-refractivity contribution in [1.82, 2.24) is 15.0 Å². The molecule has 0 saturated carbocycles. The van der Waals surface area contributed by atoms with E-state index in [0.29, 0.717) is 17.5 Å². The van der Waals surface area contributed by atoms with Crippen molar-refractivity contribution in [3.63, 3.8) is 0 Å². The van der Waals surface area contributed by atoms with Crippen LogP contribution in [-0.2, 0) is 0 Å². The quantitative estimate of drug-likeness (QED) is 0.166. The molecule has 8 aromatic carbocycles. The summed E-state index contributed by atoms with van der Waals surface area (Å²) in [5, 5.41) is 4.40. The molecule has 0 unspecified atom stereocenters. The fourth-order valence-corrected chi connectivity index (χ4v) is 7.36. The molecule has 0 radical (unpaired) electrons. The van der Waals surface area contributed by atoms with E-state index in [0.717, 1.165) is 77.6 Å². The van der Waals surface area contributed by atoms with Crippen LogP contribution in [0.3, 0.4) is 0 Å². The van der Waals surface area contributed by atoms with E-state index in [1.54, 1.807) is 0 Å². The maximum Gasteiger partial charge on any atom is 0.164 e. The number of rotatable bonds is 7. The van der Waals surface area contributed by atoms with Crippen LogP contribution in [0.25, 0.3) is 78.0 Å². The van der Waals surface area contributed by atoms with Gasteiger partial charge in [-0.05, 0) is 64.4 Å². The van der Waals surface area contributed by atoms with Crippen molar-refractivity contribution in [2.24, 2.45) is 0 Å². The minimum atomic E-state index is 0.624. The molecule has 0 saturated heterocycles. The van der Waals surface area contributed by atoms with Crippen LogP contribution in [0.5, 0.6) is 0 Å². The third kappa shape index (κ3) is 5.65. The summed E-state index contributed by atoms with van der Waals surface area (Å²) >= 11 is 0. The summed E-state index contributed by atoms with van der Waals surface area (Å²) in [6, 6.07) is 66.8. The first-order valence-corrected chi connectivity index (χ1v) is 18.0. The van der Waals surface area contributed by atoms with Crippen LogP contribution in [0.1, 0.15) is 0 Å². The Morgan fingerprint density at radius 2 is 0.907 bits per heavy atom. The zero-order chi connectivity index (χ0) is 35.8. The molecule has 2 heterocycles. The highest BCUT2D eigenvalue weighted by atomic mass is 16.3. The van der Waals surface area contributed by atoms with Crippen LogP contribution in [-0.4, -0.2) is 15.0 Å². The van der Waals surface area contributed by atoms with Crippen molar-refractivity contribution in [1.29, 1.82) is 0 Å². The number of benzene rings is 8. The van der Waals surface area contributed by atoms with Gasteiger partial charge in [-0.25, -0.2) is 15.0 Å². The Morgan fingerprint density at radius 1 is 0.352 bits per heavy atom. The van der Waals surface area contributed by atoms with Gasteiger partial charge in [-0.2, -0.15) is 0 Å². The van der Waals surface area contributed by atoms with E-state index >= 15 is 0 Å². The van der Waals surface area contributed by atoms with E-state index in [2.05, 4.69) is 150 Å². The first kappa shape index (κ1) is 31.4. The van der Waals surface area contributed by atoms with Crippen LogP contribution < -0.4 is 4.90 Å². The molecular weight excluding hydrogens is 661 g/mol. The zero-order valence-corrected chi connectivity index (χ0v) is 29.2. The molecule has 5 nitrogen and oxygen atoms in total. The van der Waals surface area contributed by atoms with Crippen LogP contribution in [0.15, 0.2) is 199 Å².